The second-order valence-corrected chi connectivity index (χ2v) is 5.57. The molecule has 0 radical (unpaired) electrons. The molecule has 142 valence electrons. The first-order chi connectivity index (χ1) is 11.6. The van der Waals surface area contributed by atoms with Crippen molar-refractivity contribution in [3.63, 3.8) is 0 Å². The van der Waals surface area contributed by atoms with Gasteiger partial charge in [-0.1, -0.05) is 6.07 Å². The molecule has 0 saturated heterocycles. The summed E-state index contributed by atoms with van der Waals surface area (Å²) in [5.74, 6) is -0.733. The summed E-state index contributed by atoms with van der Waals surface area (Å²) >= 11 is 0. The van der Waals surface area contributed by atoms with Crippen molar-refractivity contribution in [2.75, 3.05) is 6.54 Å². The van der Waals surface area contributed by atoms with Crippen LogP contribution in [0.2, 0.25) is 0 Å². The lowest BCUT2D eigenvalue weighted by molar-refractivity contribution is -0.137. The Morgan fingerprint density at radius 3 is 2.58 bits per heavy atom. The van der Waals surface area contributed by atoms with Crippen LogP contribution < -0.4 is 16.5 Å². The van der Waals surface area contributed by atoms with Gasteiger partial charge in [0.25, 0.3) is 5.91 Å². The number of nitrogens with one attached hydrogen (secondary N) is 1. The molecule has 1 heterocycles. The van der Waals surface area contributed by atoms with Crippen molar-refractivity contribution < 1.29 is 18.0 Å². The lowest BCUT2D eigenvalue weighted by Gasteiger charge is -2.14. The lowest BCUT2D eigenvalue weighted by atomic mass is 10.2. The zero-order valence-corrected chi connectivity index (χ0v) is 14.8. The van der Waals surface area contributed by atoms with Gasteiger partial charge in [0.1, 0.15) is 0 Å². The van der Waals surface area contributed by atoms with Crippen molar-refractivity contribution in [1.29, 1.82) is 0 Å². The fourth-order valence-corrected chi connectivity index (χ4v) is 2.13. The molecule has 6 nitrogen and oxygen atoms in total. The number of amides is 1. The molecule has 0 saturated carbocycles. The van der Waals surface area contributed by atoms with E-state index in [4.69, 9.17) is 5.73 Å². The molecule has 1 atom stereocenters. The maximum Gasteiger partial charge on any atom is 0.416 e. The number of hydrogen-bond donors (Lipinski definition) is 2. The van der Waals surface area contributed by atoms with Crippen LogP contribution in [0.15, 0.2) is 35.1 Å². The highest BCUT2D eigenvalue weighted by atomic mass is 35.5. The number of alkyl halides is 3. The van der Waals surface area contributed by atoms with Crippen LogP contribution in [0.4, 0.5) is 13.2 Å². The Kier molecular flexibility index (Phi) is 6.93. The zero-order valence-electron chi connectivity index (χ0n) is 14.0. The molecule has 0 fully saturated rings. The Balaban J connectivity index is 0.00000338. The van der Waals surface area contributed by atoms with Crippen LogP contribution in [0.25, 0.3) is 5.69 Å². The minimum absolute atomic E-state index is 0. The Hall–Kier alpha value is -2.39. The molecule has 2 aromatic rings. The number of nitrogens with zero attached hydrogens (tertiary/aromatic N) is 2. The van der Waals surface area contributed by atoms with Gasteiger partial charge in [0.2, 0.25) is 5.43 Å². The summed E-state index contributed by atoms with van der Waals surface area (Å²) in [6.07, 6.45) is -4.51. The molecular weight excluding hydrogens is 373 g/mol. The van der Waals surface area contributed by atoms with Gasteiger partial charge in [0, 0.05) is 24.3 Å². The van der Waals surface area contributed by atoms with Gasteiger partial charge in [-0.2, -0.15) is 18.3 Å². The summed E-state index contributed by atoms with van der Waals surface area (Å²) in [7, 11) is 0. The van der Waals surface area contributed by atoms with Gasteiger partial charge in [0.05, 0.1) is 11.3 Å². The van der Waals surface area contributed by atoms with E-state index in [1.54, 1.807) is 6.92 Å². The van der Waals surface area contributed by atoms with E-state index >= 15 is 0 Å². The Labute approximate surface area is 153 Å². The average molecular weight is 391 g/mol. The quantitative estimate of drug-likeness (QED) is 0.836. The minimum Gasteiger partial charge on any atom is -0.347 e. The van der Waals surface area contributed by atoms with Gasteiger partial charge < -0.3 is 11.1 Å². The maximum atomic E-state index is 12.9. The molecule has 0 aliphatic carbocycles. The fraction of sp³-hybridized carbons (Fsp3) is 0.312. The molecule has 1 amide bonds. The third kappa shape index (κ3) is 4.83. The predicted octanol–water partition coefficient (Wildman–Crippen LogP) is 2.06. The molecule has 1 aromatic carbocycles. The zero-order chi connectivity index (χ0) is 18.8. The van der Waals surface area contributed by atoms with Crippen molar-refractivity contribution in [1.82, 2.24) is 15.1 Å². The predicted molar refractivity (Wildman–Crippen MR) is 92.8 cm³/mol. The van der Waals surface area contributed by atoms with Gasteiger partial charge in [0.15, 0.2) is 5.69 Å². The van der Waals surface area contributed by atoms with Crippen LogP contribution >= 0.6 is 12.4 Å². The van der Waals surface area contributed by atoms with E-state index in [1.807, 2.05) is 0 Å². The summed E-state index contributed by atoms with van der Waals surface area (Å²) in [5, 5.41) is 6.44. The molecule has 3 N–H and O–H groups in total. The number of carbonyl (C=O) groups is 1. The third-order valence-corrected chi connectivity index (χ3v) is 3.47. The van der Waals surface area contributed by atoms with Gasteiger partial charge in [-0.3, -0.25) is 9.59 Å². The van der Waals surface area contributed by atoms with E-state index in [0.29, 0.717) is 5.69 Å². The molecule has 0 aliphatic heterocycles. The molecular formula is C16H18ClF3N4O2. The average Bonchev–Trinajstić information content (AvgIpc) is 2.54. The highest BCUT2D eigenvalue weighted by molar-refractivity contribution is 5.92. The summed E-state index contributed by atoms with van der Waals surface area (Å²) < 4.78 is 39.8. The van der Waals surface area contributed by atoms with Gasteiger partial charge >= 0.3 is 6.18 Å². The van der Waals surface area contributed by atoms with Crippen molar-refractivity contribution >= 4 is 18.3 Å². The highest BCUT2D eigenvalue weighted by Gasteiger charge is 2.30. The van der Waals surface area contributed by atoms with E-state index in [-0.39, 0.29) is 30.7 Å². The monoisotopic (exact) mass is 390 g/mol. The number of aromatic nitrogens is 2. The number of halogens is 4. The summed E-state index contributed by atoms with van der Waals surface area (Å²) in [6, 6.07) is 5.23. The fourth-order valence-electron chi connectivity index (χ4n) is 2.13. The highest BCUT2D eigenvalue weighted by Crippen LogP contribution is 2.30. The van der Waals surface area contributed by atoms with Crippen LogP contribution in [-0.2, 0) is 6.18 Å². The number of aryl methyl sites for hydroxylation is 1. The van der Waals surface area contributed by atoms with Crippen LogP contribution in [0.3, 0.4) is 0 Å². The molecule has 1 aromatic heterocycles. The third-order valence-electron chi connectivity index (χ3n) is 3.47. The Bertz CT molecular complexity index is 852. The smallest absolute Gasteiger partial charge is 0.347 e. The number of nitrogens with two attached hydrogens (primary N) is 1. The van der Waals surface area contributed by atoms with E-state index in [0.717, 1.165) is 22.9 Å². The molecule has 0 aliphatic rings. The second kappa shape index (κ2) is 8.33. The molecule has 26 heavy (non-hydrogen) atoms. The van der Waals surface area contributed by atoms with E-state index in [2.05, 4.69) is 10.4 Å². The number of hydrogen-bond acceptors (Lipinski definition) is 4. The standard InChI is InChI=1S/C16H17F3N4O2.ClH/c1-9(8-20)21-15(25)14-13(24)6-10(2)23(22-14)12-5-3-4-11(7-12)16(17,18)19;/h3-7,9H,8,20H2,1-2H3,(H,21,25);1H/t9-;/m0./s1. The lowest BCUT2D eigenvalue weighted by Crippen LogP contribution is -2.40. The van der Waals surface area contributed by atoms with Crippen molar-refractivity contribution in [2.24, 2.45) is 5.73 Å². The Morgan fingerprint density at radius 2 is 2.00 bits per heavy atom. The summed E-state index contributed by atoms with van der Waals surface area (Å²) in [5.41, 5.74) is 3.91. The number of benzene rings is 1. The molecule has 0 spiro atoms. The molecule has 0 unspecified atom stereocenters. The first-order valence-corrected chi connectivity index (χ1v) is 7.43. The maximum absolute atomic E-state index is 12.9. The van der Waals surface area contributed by atoms with Crippen molar-refractivity contribution in [2.45, 2.75) is 26.1 Å². The van der Waals surface area contributed by atoms with Crippen LogP contribution in [0.5, 0.6) is 0 Å². The van der Waals surface area contributed by atoms with Gasteiger partial charge in [-0.05, 0) is 32.0 Å². The molecule has 0 bridgehead atoms. The molecule has 10 heteroatoms. The number of rotatable bonds is 4. The van der Waals surface area contributed by atoms with Crippen LogP contribution in [-0.4, -0.2) is 28.3 Å². The largest absolute Gasteiger partial charge is 0.416 e. The topological polar surface area (TPSA) is 90.0 Å². The van der Waals surface area contributed by atoms with Crippen LogP contribution in [0.1, 0.15) is 28.7 Å². The van der Waals surface area contributed by atoms with E-state index in [1.165, 1.54) is 19.1 Å². The van der Waals surface area contributed by atoms with E-state index in [9.17, 15) is 22.8 Å². The van der Waals surface area contributed by atoms with Gasteiger partial charge in [-0.15, -0.1) is 12.4 Å². The molecule has 2 rings (SSSR count). The van der Waals surface area contributed by atoms with Crippen molar-refractivity contribution in [3.8, 4) is 5.69 Å². The normalized spacial score (nSPS) is 12.2. The minimum atomic E-state index is -4.51. The summed E-state index contributed by atoms with van der Waals surface area (Å²) in [4.78, 5) is 24.1. The number of carbonyl (C=O) groups excluding carboxylic acids is 1. The summed E-state index contributed by atoms with van der Waals surface area (Å²) in [6.45, 7) is 3.33. The second-order valence-electron chi connectivity index (χ2n) is 5.57. The first kappa shape index (κ1) is 21.7. The van der Waals surface area contributed by atoms with Gasteiger partial charge in [-0.25, -0.2) is 4.68 Å². The van der Waals surface area contributed by atoms with Crippen LogP contribution in [0, 0.1) is 6.92 Å². The van der Waals surface area contributed by atoms with Crippen molar-refractivity contribution in [3.05, 3.63) is 57.5 Å². The SMILES string of the molecule is Cc1cc(=O)c(C(=O)N[C@@H](C)CN)nn1-c1cccc(C(F)(F)F)c1.Cl. The first-order valence-electron chi connectivity index (χ1n) is 7.43. The van der Waals surface area contributed by atoms with E-state index < -0.39 is 28.8 Å². The Morgan fingerprint density at radius 1 is 1.35 bits per heavy atom.